The van der Waals surface area contributed by atoms with Gasteiger partial charge in [0.05, 0.1) is 21.3 Å². The number of hydrogen-bond donors (Lipinski definition) is 2. The first-order valence-electron chi connectivity index (χ1n) is 5.03. The lowest BCUT2D eigenvalue weighted by Crippen LogP contribution is -2.30. The van der Waals surface area contributed by atoms with Crippen molar-refractivity contribution in [3.05, 3.63) is 53.1 Å². The number of nitrogens with one attached hydrogen (secondary N) is 1. The number of H-pyrrole nitrogens is 1. The van der Waals surface area contributed by atoms with E-state index in [1.807, 2.05) is 0 Å². The van der Waals surface area contributed by atoms with Crippen molar-refractivity contribution in [1.29, 1.82) is 0 Å². The second-order valence-electron chi connectivity index (χ2n) is 3.74. The first-order valence-corrected chi connectivity index (χ1v) is 6.58. The molecular formula is C11H7BrCl2N2O3. The highest BCUT2D eigenvalue weighted by Gasteiger charge is 2.17. The van der Waals surface area contributed by atoms with E-state index in [9.17, 15) is 14.7 Å². The Kier molecular flexibility index (Phi) is 3.75. The van der Waals surface area contributed by atoms with Gasteiger partial charge in [0.25, 0.3) is 5.56 Å². The average molecular weight is 366 g/mol. The lowest BCUT2D eigenvalue weighted by molar-refractivity contribution is 0.426. The van der Waals surface area contributed by atoms with Gasteiger partial charge >= 0.3 is 5.69 Å². The Hall–Kier alpha value is -1.24. The SMILES string of the molecule is Cc1c(O)n(-c2ccc(Br)c(Cl)c2Cl)c(=O)[nH]c1=O. The molecule has 5 nitrogen and oxygen atoms in total. The average Bonchev–Trinajstić information content (AvgIpc) is 2.36. The predicted octanol–water partition coefficient (Wildman–Crippen LogP) is 2.61. The van der Waals surface area contributed by atoms with E-state index in [1.54, 1.807) is 6.07 Å². The van der Waals surface area contributed by atoms with Crippen molar-refractivity contribution < 1.29 is 5.11 Å². The minimum atomic E-state index is -0.798. The smallest absolute Gasteiger partial charge is 0.335 e. The third kappa shape index (κ3) is 2.31. The molecule has 0 amide bonds. The molecule has 0 saturated carbocycles. The van der Waals surface area contributed by atoms with Crippen LogP contribution in [0.1, 0.15) is 5.56 Å². The van der Waals surface area contributed by atoms with E-state index in [-0.39, 0.29) is 21.3 Å². The minimum Gasteiger partial charge on any atom is -0.494 e. The Morgan fingerprint density at radius 1 is 1.26 bits per heavy atom. The highest BCUT2D eigenvalue weighted by atomic mass is 79.9. The van der Waals surface area contributed by atoms with Crippen LogP contribution in [-0.4, -0.2) is 14.7 Å². The van der Waals surface area contributed by atoms with E-state index in [0.29, 0.717) is 4.47 Å². The van der Waals surface area contributed by atoms with E-state index in [2.05, 4.69) is 20.9 Å². The topological polar surface area (TPSA) is 75.1 Å². The Bertz CT molecular complexity index is 783. The van der Waals surface area contributed by atoms with Crippen LogP contribution in [0.4, 0.5) is 0 Å². The minimum absolute atomic E-state index is 0.00899. The van der Waals surface area contributed by atoms with Gasteiger partial charge in [-0.15, -0.1) is 0 Å². The molecule has 0 radical (unpaired) electrons. The molecule has 8 heteroatoms. The number of nitrogens with zero attached hydrogens (tertiary/aromatic N) is 1. The molecule has 0 atom stereocenters. The number of aromatic nitrogens is 2. The Labute approximate surface area is 125 Å². The normalized spacial score (nSPS) is 10.7. The third-order valence-corrected chi connectivity index (χ3v) is 4.33. The first kappa shape index (κ1) is 14.2. The van der Waals surface area contributed by atoms with Gasteiger partial charge in [-0.3, -0.25) is 9.78 Å². The standard InChI is InChI=1S/C11H7BrCl2N2O3/c1-4-9(17)15-11(19)16(10(4)18)6-3-2-5(12)7(13)8(6)14/h2-3,18H,1H3,(H,15,17,19). The van der Waals surface area contributed by atoms with Crippen LogP contribution in [0.15, 0.2) is 26.2 Å². The van der Waals surface area contributed by atoms with Crippen LogP contribution in [-0.2, 0) is 0 Å². The quantitative estimate of drug-likeness (QED) is 0.763. The summed E-state index contributed by atoms with van der Waals surface area (Å²) in [6, 6.07) is 3.08. The molecule has 2 N–H and O–H groups in total. The number of aromatic hydroxyl groups is 1. The number of halogens is 3. The van der Waals surface area contributed by atoms with E-state index < -0.39 is 17.1 Å². The fraction of sp³-hybridized carbons (Fsp3) is 0.0909. The summed E-state index contributed by atoms with van der Waals surface area (Å²) in [4.78, 5) is 25.2. The van der Waals surface area contributed by atoms with Crippen molar-refractivity contribution in [2.24, 2.45) is 0 Å². The maximum Gasteiger partial charge on any atom is 0.335 e. The molecular weight excluding hydrogens is 359 g/mol. The van der Waals surface area contributed by atoms with Crippen LogP contribution in [0.2, 0.25) is 10.0 Å². The van der Waals surface area contributed by atoms with Crippen molar-refractivity contribution in [3.63, 3.8) is 0 Å². The number of hydrogen-bond acceptors (Lipinski definition) is 3. The van der Waals surface area contributed by atoms with Crippen LogP contribution < -0.4 is 11.2 Å². The molecule has 0 aliphatic carbocycles. The third-order valence-electron chi connectivity index (χ3n) is 2.57. The molecule has 1 heterocycles. The molecule has 0 bridgehead atoms. The zero-order chi connectivity index (χ0) is 14.3. The van der Waals surface area contributed by atoms with Crippen LogP contribution in [0.5, 0.6) is 5.88 Å². The van der Waals surface area contributed by atoms with Crippen molar-refractivity contribution in [3.8, 4) is 11.6 Å². The second-order valence-corrected chi connectivity index (χ2v) is 5.35. The molecule has 2 aromatic rings. The Morgan fingerprint density at radius 2 is 1.89 bits per heavy atom. The van der Waals surface area contributed by atoms with Gasteiger partial charge in [-0.2, -0.15) is 0 Å². The number of benzene rings is 1. The van der Waals surface area contributed by atoms with Gasteiger partial charge in [-0.1, -0.05) is 23.2 Å². The zero-order valence-corrected chi connectivity index (χ0v) is 12.6. The highest BCUT2D eigenvalue weighted by Crippen LogP contribution is 2.35. The summed E-state index contributed by atoms with van der Waals surface area (Å²) in [6.07, 6.45) is 0. The summed E-state index contributed by atoms with van der Waals surface area (Å²) in [5.74, 6) is -0.478. The van der Waals surface area contributed by atoms with E-state index >= 15 is 0 Å². The van der Waals surface area contributed by atoms with E-state index in [0.717, 1.165) is 4.57 Å². The maximum absolute atomic E-state index is 11.8. The fourth-order valence-electron chi connectivity index (χ4n) is 1.52. The lowest BCUT2D eigenvalue weighted by Gasteiger charge is -2.12. The maximum atomic E-state index is 11.8. The van der Waals surface area contributed by atoms with Gasteiger partial charge < -0.3 is 5.11 Å². The Balaban J connectivity index is 2.88. The van der Waals surface area contributed by atoms with Gasteiger partial charge in [0.1, 0.15) is 0 Å². The summed E-state index contributed by atoms with van der Waals surface area (Å²) in [7, 11) is 0. The molecule has 0 saturated heterocycles. The molecule has 0 fully saturated rings. The van der Waals surface area contributed by atoms with Gasteiger partial charge in [-0.05, 0) is 35.0 Å². The molecule has 0 aliphatic rings. The summed E-state index contributed by atoms with van der Waals surface area (Å²) < 4.78 is 1.44. The zero-order valence-electron chi connectivity index (χ0n) is 9.50. The van der Waals surface area contributed by atoms with Crippen molar-refractivity contribution >= 4 is 39.1 Å². The highest BCUT2D eigenvalue weighted by molar-refractivity contribution is 9.10. The number of rotatable bonds is 1. The summed E-state index contributed by atoms with van der Waals surface area (Å²) in [6.45, 7) is 1.39. The van der Waals surface area contributed by atoms with Crippen LogP contribution >= 0.6 is 39.1 Å². The Morgan fingerprint density at radius 3 is 2.53 bits per heavy atom. The summed E-state index contributed by atoms with van der Waals surface area (Å²) >= 11 is 15.2. The predicted molar refractivity (Wildman–Crippen MR) is 76.8 cm³/mol. The fourth-order valence-corrected chi connectivity index (χ4v) is 2.38. The molecule has 0 aliphatic heterocycles. The molecule has 1 aromatic carbocycles. The van der Waals surface area contributed by atoms with Crippen molar-refractivity contribution in [2.45, 2.75) is 6.92 Å². The monoisotopic (exact) mass is 364 g/mol. The van der Waals surface area contributed by atoms with Gasteiger partial charge in [0.15, 0.2) is 0 Å². The molecule has 0 unspecified atom stereocenters. The van der Waals surface area contributed by atoms with Crippen LogP contribution in [0, 0.1) is 6.92 Å². The molecule has 19 heavy (non-hydrogen) atoms. The van der Waals surface area contributed by atoms with Gasteiger partial charge in [-0.25, -0.2) is 9.36 Å². The van der Waals surface area contributed by atoms with E-state index in [4.69, 9.17) is 23.2 Å². The van der Waals surface area contributed by atoms with Crippen LogP contribution in [0.25, 0.3) is 5.69 Å². The molecule has 1 aromatic heterocycles. The van der Waals surface area contributed by atoms with Crippen molar-refractivity contribution in [1.82, 2.24) is 9.55 Å². The largest absolute Gasteiger partial charge is 0.494 e. The second kappa shape index (κ2) is 5.03. The molecule has 100 valence electrons. The van der Waals surface area contributed by atoms with Gasteiger partial charge in [0, 0.05) is 4.47 Å². The van der Waals surface area contributed by atoms with Crippen LogP contribution in [0.3, 0.4) is 0 Å². The van der Waals surface area contributed by atoms with E-state index in [1.165, 1.54) is 13.0 Å². The van der Waals surface area contributed by atoms with Crippen molar-refractivity contribution in [2.75, 3.05) is 0 Å². The lowest BCUT2D eigenvalue weighted by atomic mass is 10.3. The molecule has 0 spiro atoms. The molecule has 2 rings (SSSR count). The summed E-state index contributed by atoms with van der Waals surface area (Å²) in [5.41, 5.74) is -1.27. The summed E-state index contributed by atoms with van der Waals surface area (Å²) in [5, 5.41) is 10.2. The first-order chi connectivity index (χ1) is 8.84. The number of aromatic amines is 1. The van der Waals surface area contributed by atoms with Gasteiger partial charge in [0.2, 0.25) is 5.88 Å².